The standard InChI is InChI=1S/C22H24FN9O2/c23-16-2-1-3-17(18(16)19-28-30-31-29-19)32-8-4-14(5-9-32)10-26-21(34)22(6-7-22)27-20(33)15-11-24-13-25-12-15/h1-3,11-14H,4-10H2,(H,26,34)(H,27,33)(H,28,29,30,31). The highest BCUT2D eigenvalue weighted by Gasteiger charge is 2.51. The lowest BCUT2D eigenvalue weighted by Crippen LogP contribution is -2.50. The fraction of sp³-hybridized carbons (Fsp3) is 0.409. The van der Waals surface area contributed by atoms with Crippen molar-refractivity contribution in [3.05, 3.63) is 48.3 Å². The van der Waals surface area contributed by atoms with Crippen molar-refractivity contribution >= 4 is 17.5 Å². The second-order valence-electron chi connectivity index (χ2n) is 8.67. The minimum Gasteiger partial charge on any atom is -0.371 e. The Morgan fingerprint density at radius 3 is 2.62 bits per heavy atom. The van der Waals surface area contributed by atoms with Gasteiger partial charge in [-0.1, -0.05) is 6.07 Å². The lowest BCUT2D eigenvalue weighted by Gasteiger charge is -2.34. The maximum Gasteiger partial charge on any atom is 0.255 e. The number of carbonyl (C=O) groups excluding carboxylic acids is 2. The number of nitrogens with one attached hydrogen (secondary N) is 3. The fourth-order valence-electron chi connectivity index (χ4n) is 4.29. The zero-order valence-corrected chi connectivity index (χ0v) is 18.4. The van der Waals surface area contributed by atoms with E-state index in [2.05, 4.69) is 46.1 Å². The number of anilines is 1. The van der Waals surface area contributed by atoms with Crippen molar-refractivity contribution in [3.8, 4) is 11.4 Å². The Hall–Kier alpha value is -3.96. The summed E-state index contributed by atoms with van der Waals surface area (Å²) < 4.78 is 14.5. The molecule has 0 spiro atoms. The molecule has 0 bridgehead atoms. The van der Waals surface area contributed by atoms with Gasteiger partial charge in [0, 0.05) is 32.0 Å². The first-order valence-electron chi connectivity index (χ1n) is 11.2. The summed E-state index contributed by atoms with van der Waals surface area (Å²) in [6.45, 7) is 1.95. The van der Waals surface area contributed by atoms with Gasteiger partial charge in [-0.05, 0) is 48.9 Å². The molecule has 12 heteroatoms. The van der Waals surface area contributed by atoms with Gasteiger partial charge in [-0.3, -0.25) is 9.59 Å². The lowest BCUT2D eigenvalue weighted by atomic mass is 9.95. The van der Waals surface area contributed by atoms with E-state index < -0.39 is 11.4 Å². The lowest BCUT2D eigenvalue weighted by molar-refractivity contribution is -0.124. The van der Waals surface area contributed by atoms with E-state index >= 15 is 0 Å². The Bertz CT molecular complexity index is 1160. The van der Waals surface area contributed by atoms with Gasteiger partial charge in [0.15, 0.2) is 0 Å². The van der Waals surface area contributed by atoms with Crippen molar-refractivity contribution in [2.75, 3.05) is 24.5 Å². The summed E-state index contributed by atoms with van der Waals surface area (Å²) in [5.41, 5.74) is 0.535. The van der Waals surface area contributed by atoms with E-state index in [0.717, 1.165) is 18.5 Å². The highest BCUT2D eigenvalue weighted by Crippen LogP contribution is 2.36. The SMILES string of the molecule is O=C(NC1(C(=O)NCC2CCN(c3cccc(F)c3-c3nn[nH]n3)CC2)CC1)c1cncnc1. The van der Waals surface area contributed by atoms with Crippen molar-refractivity contribution in [1.82, 2.24) is 41.2 Å². The summed E-state index contributed by atoms with van der Waals surface area (Å²) in [6.07, 6.45) is 7.08. The van der Waals surface area contributed by atoms with Gasteiger partial charge in [0.05, 0.1) is 16.8 Å². The molecule has 11 nitrogen and oxygen atoms in total. The van der Waals surface area contributed by atoms with Crippen molar-refractivity contribution in [2.24, 2.45) is 5.92 Å². The van der Waals surface area contributed by atoms with Crippen molar-refractivity contribution in [2.45, 2.75) is 31.2 Å². The number of tetrazole rings is 1. The van der Waals surface area contributed by atoms with Gasteiger partial charge in [-0.25, -0.2) is 14.4 Å². The molecule has 1 saturated heterocycles. The number of benzene rings is 1. The number of aromatic amines is 1. The van der Waals surface area contributed by atoms with Crippen LogP contribution in [0.25, 0.3) is 11.4 Å². The van der Waals surface area contributed by atoms with Crippen LogP contribution >= 0.6 is 0 Å². The zero-order chi connectivity index (χ0) is 23.5. The Morgan fingerprint density at radius 2 is 1.94 bits per heavy atom. The Labute approximate surface area is 194 Å². The molecule has 1 aromatic carbocycles. The number of amides is 2. The number of piperidine rings is 1. The topological polar surface area (TPSA) is 142 Å². The van der Waals surface area contributed by atoms with Crippen LogP contribution in [0.3, 0.4) is 0 Å². The average molecular weight is 465 g/mol. The van der Waals surface area contributed by atoms with Gasteiger partial charge in [0.1, 0.15) is 17.7 Å². The van der Waals surface area contributed by atoms with Crippen LogP contribution in [-0.2, 0) is 4.79 Å². The molecular formula is C22H24FN9O2. The first-order chi connectivity index (χ1) is 16.6. The van der Waals surface area contributed by atoms with Gasteiger partial charge in [-0.2, -0.15) is 5.21 Å². The summed E-state index contributed by atoms with van der Waals surface area (Å²) in [5, 5.41) is 19.6. The maximum absolute atomic E-state index is 14.5. The van der Waals surface area contributed by atoms with Gasteiger partial charge >= 0.3 is 0 Å². The molecule has 2 aromatic heterocycles. The van der Waals surface area contributed by atoms with Crippen LogP contribution in [0.4, 0.5) is 10.1 Å². The number of carbonyl (C=O) groups is 2. The third-order valence-corrected chi connectivity index (χ3v) is 6.43. The van der Waals surface area contributed by atoms with Crippen LogP contribution in [0, 0.1) is 11.7 Å². The van der Waals surface area contributed by atoms with E-state index in [1.165, 1.54) is 24.8 Å². The maximum atomic E-state index is 14.5. The van der Waals surface area contributed by atoms with Crippen LogP contribution in [0.2, 0.25) is 0 Å². The fourth-order valence-corrected chi connectivity index (χ4v) is 4.29. The van der Waals surface area contributed by atoms with Crippen LogP contribution in [0.15, 0.2) is 36.9 Å². The number of H-pyrrole nitrogens is 1. The molecule has 5 rings (SSSR count). The third kappa shape index (κ3) is 4.43. The van der Waals surface area contributed by atoms with Gasteiger partial charge < -0.3 is 15.5 Å². The molecule has 0 atom stereocenters. The first-order valence-corrected chi connectivity index (χ1v) is 11.2. The van der Waals surface area contributed by atoms with E-state index in [1.54, 1.807) is 6.07 Å². The molecule has 2 amide bonds. The predicted molar refractivity (Wildman–Crippen MR) is 119 cm³/mol. The molecule has 2 aliphatic rings. The monoisotopic (exact) mass is 465 g/mol. The van der Waals surface area contributed by atoms with Crippen molar-refractivity contribution < 1.29 is 14.0 Å². The molecule has 1 aliphatic heterocycles. The van der Waals surface area contributed by atoms with Gasteiger partial charge in [0.25, 0.3) is 5.91 Å². The van der Waals surface area contributed by atoms with Crippen LogP contribution in [0.5, 0.6) is 0 Å². The number of rotatable bonds is 7. The first kappa shape index (κ1) is 21.9. The summed E-state index contributed by atoms with van der Waals surface area (Å²) in [7, 11) is 0. The molecule has 34 heavy (non-hydrogen) atoms. The second-order valence-corrected chi connectivity index (χ2v) is 8.67. The van der Waals surface area contributed by atoms with Crippen LogP contribution in [0.1, 0.15) is 36.0 Å². The average Bonchev–Trinajstić information content (AvgIpc) is 3.45. The molecular weight excluding hydrogens is 441 g/mol. The predicted octanol–water partition coefficient (Wildman–Crippen LogP) is 1.09. The molecule has 3 aromatic rings. The largest absolute Gasteiger partial charge is 0.371 e. The molecule has 0 unspecified atom stereocenters. The number of hydrogen-bond acceptors (Lipinski definition) is 8. The van der Waals surface area contributed by atoms with E-state index in [4.69, 9.17) is 0 Å². The minimum atomic E-state index is -0.852. The van der Waals surface area contributed by atoms with E-state index in [1.807, 2.05) is 6.07 Å². The zero-order valence-electron chi connectivity index (χ0n) is 18.4. The smallest absolute Gasteiger partial charge is 0.255 e. The number of halogens is 1. The summed E-state index contributed by atoms with van der Waals surface area (Å²) in [5.74, 6) is -0.399. The minimum absolute atomic E-state index is 0.162. The number of hydrogen-bond donors (Lipinski definition) is 3. The highest BCUT2D eigenvalue weighted by molar-refractivity contribution is 6.00. The molecule has 3 N–H and O–H groups in total. The van der Waals surface area contributed by atoms with E-state index in [0.29, 0.717) is 43.6 Å². The molecule has 1 saturated carbocycles. The number of nitrogens with zero attached hydrogens (tertiary/aromatic N) is 6. The Morgan fingerprint density at radius 1 is 1.18 bits per heavy atom. The van der Waals surface area contributed by atoms with Crippen LogP contribution in [-0.4, -0.2) is 67.6 Å². The third-order valence-electron chi connectivity index (χ3n) is 6.43. The highest BCUT2D eigenvalue weighted by atomic mass is 19.1. The van der Waals surface area contributed by atoms with Crippen LogP contribution < -0.4 is 15.5 Å². The quantitative estimate of drug-likeness (QED) is 0.471. The Kier molecular flexibility index (Phi) is 5.86. The Balaban J connectivity index is 1.15. The van der Waals surface area contributed by atoms with Gasteiger partial charge in [-0.15, -0.1) is 10.2 Å². The van der Waals surface area contributed by atoms with Gasteiger partial charge in [0.2, 0.25) is 11.7 Å². The molecule has 0 radical (unpaired) electrons. The molecule has 1 aliphatic carbocycles. The molecule has 176 valence electrons. The molecule has 3 heterocycles. The normalized spacial score (nSPS) is 17.3. The van der Waals surface area contributed by atoms with E-state index in [-0.39, 0.29) is 23.6 Å². The second kappa shape index (κ2) is 9.12. The number of aromatic nitrogens is 6. The van der Waals surface area contributed by atoms with Crippen molar-refractivity contribution in [3.63, 3.8) is 0 Å². The van der Waals surface area contributed by atoms with E-state index in [9.17, 15) is 14.0 Å². The summed E-state index contributed by atoms with van der Waals surface area (Å²) >= 11 is 0. The summed E-state index contributed by atoms with van der Waals surface area (Å²) in [4.78, 5) is 35.0. The molecule has 2 fully saturated rings. The van der Waals surface area contributed by atoms with Crippen molar-refractivity contribution in [1.29, 1.82) is 0 Å². The summed E-state index contributed by atoms with van der Waals surface area (Å²) in [6, 6.07) is 4.91.